The number of aromatic amines is 1. The third-order valence-electron chi connectivity index (χ3n) is 4.49. The predicted molar refractivity (Wildman–Crippen MR) is 100 cm³/mol. The number of carbonyl (C=O) groups excluding carboxylic acids is 1. The van der Waals surface area contributed by atoms with Gasteiger partial charge in [0.2, 0.25) is 0 Å². The minimum absolute atomic E-state index is 0.0814. The van der Waals surface area contributed by atoms with Crippen molar-refractivity contribution in [3.05, 3.63) is 68.0 Å². The number of pyridine rings is 1. The monoisotopic (exact) mass is 366 g/mol. The second kappa shape index (κ2) is 6.93. The molecular weight excluding hydrogens is 348 g/mol. The van der Waals surface area contributed by atoms with Gasteiger partial charge in [0, 0.05) is 48.9 Å². The zero-order valence-corrected chi connectivity index (χ0v) is 15.2. The molecule has 0 atom stereocenters. The molecular formula is C19H18N4O2S. The molecule has 0 spiro atoms. The third kappa shape index (κ3) is 3.36. The van der Waals surface area contributed by atoms with E-state index in [0.29, 0.717) is 12.4 Å². The van der Waals surface area contributed by atoms with Gasteiger partial charge < -0.3 is 4.98 Å². The van der Waals surface area contributed by atoms with Crippen molar-refractivity contribution >= 4 is 17.1 Å². The maximum Gasteiger partial charge on any atom is 0.255 e. The molecule has 0 aliphatic carbocycles. The Hall–Kier alpha value is -2.64. The first-order valence-electron chi connectivity index (χ1n) is 8.44. The molecule has 0 bridgehead atoms. The van der Waals surface area contributed by atoms with E-state index in [0.717, 1.165) is 46.1 Å². The molecule has 0 saturated carbocycles. The summed E-state index contributed by atoms with van der Waals surface area (Å²) in [5.74, 6) is 0.684. The lowest BCUT2D eigenvalue weighted by Gasteiger charge is -2.27. The first-order valence-corrected chi connectivity index (χ1v) is 9.26. The lowest BCUT2D eigenvalue weighted by Crippen LogP contribution is -2.35. The maximum atomic E-state index is 12.6. The summed E-state index contributed by atoms with van der Waals surface area (Å²) in [7, 11) is 0. The number of hydrogen-bond donors (Lipinski definition) is 1. The van der Waals surface area contributed by atoms with E-state index < -0.39 is 0 Å². The number of H-pyrrole nitrogens is 1. The second-order valence-corrected chi connectivity index (χ2v) is 7.53. The van der Waals surface area contributed by atoms with Crippen molar-refractivity contribution in [1.29, 1.82) is 0 Å². The highest BCUT2D eigenvalue weighted by atomic mass is 32.1. The lowest BCUT2D eigenvalue weighted by atomic mass is 10.1. The van der Waals surface area contributed by atoms with Crippen molar-refractivity contribution < 1.29 is 4.79 Å². The van der Waals surface area contributed by atoms with Crippen LogP contribution < -0.4 is 5.56 Å². The Bertz CT molecular complexity index is 1010. The zero-order chi connectivity index (χ0) is 18.1. The fourth-order valence-electron chi connectivity index (χ4n) is 3.13. The minimum atomic E-state index is -0.0814. The van der Waals surface area contributed by atoms with Crippen LogP contribution in [0.5, 0.6) is 0 Å². The van der Waals surface area contributed by atoms with Crippen LogP contribution in [-0.4, -0.2) is 32.2 Å². The summed E-state index contributed by atoms with van der Waals surface area (Å²) in [6.07, 6.45) is 4.11. The average Bonchev–Trinajstić information content (AvgIpc) is 3.12. The number of nitrogens with zero attached hydrogens (tertiary/aromatic N) is 3. The molecule has 6 nitrogen and oxygen atoms in total. The molecule has 0 radical (unpaired) electrons. The molecule has 0 fully saturated rings. The summed E-state index contributed by atoms with van der Waals surface area (Å²) < 4.78 is 0. The van der Waals surface area contributed by atoms with Gasteiger partial charge in [-0.3, -0.25) is 19.5 Å². The number of hydrogen-bond acceptors (Lipinski definition) is 6. The average molecular weight is 366 g/mol. The number of rotatable bonds is 4. The second-order valence-electron chi connectivity index (χ2n) is 6.36. The van der Waals surface area contributed by atoms with E-state index in [9.17, 15) is 9.59 Å². The van der Waals surface area contributed by atoms with Crippen molar-refractivity contribution in [2.75, 3.05) is 6.54 Å². The van der Waals surface area contributed by atoms with Crippen LogP contribution in [0.3, 0.4) is 0 Å². The first kappa shape index (κ1) is 16.8. The Labute approximate surface area is 154 Å². The van der Waals surface area contributed by atoms with Crippen LogP contribution in [-0.2, 0) is 19.5 Å². The molecule has 1 N–H and O–H groups in total. The van der Waals surface area contributed by atoms with E-state index in [4.69, 9.17) is 0 Å². The van der Waals surface area contributed by atoms with Gasteiger partial charge in [-0.1, -0.05) is 0 Å². The van der Waals surface area contributed by atoms with E-state index in [2.05, 4.69) is 19.9 Å². The van der Waals surface area contributed by atoms with Gasteiger partial charge in [0.15, 0.2) is 5.78 Å². The highest BCUT2D eigenvalue weighted by Gasteiger charge is 2.22. The Morgan fingerprint density at radius 1 is 1.27 bits per heavy atom. The maximum absolute atomic E-state index is 12.6. The summed E-state index contributed by atoms with van der Waals surface area (Å²) in [5.41, 5.74) is 2.38. The predicted octanol–water partition coefficient (Wildman–Crippen LogP) is 2.65. The van der Waals surface area contributed by atoms with Crippen molar-refractivity contribution in [3.63, 3.8) is 0 Å². The van der Waals surface area contributed by atoms with E-state index in [1.54, 1.807) is 19.3 Å². The molecule has 26 heavy (non-hydrogen) atoms. The van der Waals surface area contributed by atoms with Crippen LogP contribution in [0.15, 0.2) is 41.5 Å². The van der Waals surface area contributed by atoms with Gasteiger partial charge in [0.05, 0.1) is 16.1 Å². The van der Waals surface area contributed by atoms with Crippen LogP contribution >= 0.6 is 11.3 Å². The molecule has 4 rings (SSSR count). The molecule has 4 heterocycles. The minimum Gasteiger partial charge on any atom is -0.306 e. The highest BCUT2D eigenvalue weighted by Crippen LogP contribution is 2.23. The SMILES string of the molecule is CC(=O)c1ccc(CN2CCc3nc(-c4ccncc4)[nH]c(=O)c3C2)s1. The molecule has 7 heteroatoms. The quantitative estimate of drug-likeness (QED) is 0.718. The smallest absolute Gasteiger partial charge is 0.255 e. The third-order valence-corrected chi connectivity index (χ3v) is 5.66. The van der Waals surface area contributed by atoms with Gasteiger partial charge in [-0.25, -0.2) is 4.98 Å². The summed E-state index contributed by atoms with van der Waals surface area (Å²) in [6, 6.07) is 7.54. The number of ketones is 1. The standard InChI is InChI=1S/C19H18N4O2S/c1-12(24)17-3-2-14(26-17)10-23-9-6-16-15(11-23)19(25)22-18(21-16)13-4-7-20-8-5-13/h2-5,7-8H,6,9-11H2,1H3,(H,21,22,25). The number of nitrogens with one attached hydrogen (secondary N) is 1. The number of Topliss-reactive ketones (excluding diaryl/α,β-unsaturated/α-hetero) is 1. The summed E-state index contributed by atoms with van der Waals surface area (Å²) in [4.78, 5) is 39.7. The zero-order valence-electron chi connectivity index (χ0n) is 14.4. The highest BCUT2D eigenvalue weighted by molar-refractivity contribution is 7.14. The number of carbonyl (C=O) groups is 1. The number of fused-ring (bicyclic) bond motifs is 1. The van der Waals surface area contributed by atoms with Crippen LogP contribution in [0, 0.1) is 0 Å². The van der Waals surface area contributed by atoms with Crippen molar-refractivity contribution in [1.82, 2.24) is 19.9 Å². The molecule has 0 aromatic carbocycles. The Balaban J connectivity index is 1.55. The first-order chi connectivity index (χ1) is 12.6. The van der Waals surface area contributed by atoms with Gasteiger partial charge in [-0.15, -0.1) is 11.3 Å². The fourth-order valence-corrected chi connectivity index (χ4v) is 4.08. The van der Waals surface area contributed by atoms with E-state index >= 15 is 0 Å². The normalized spacial score (nSPS) is 14.2. The van der Waals surface area contributed by atoms with Crippen LogP contribution in [0.1, 0.15) is 32.7 Å². The van der Waals surface area contributed by atoms with Gasteiger partial charge in [0.25, 0.3) is 5.56 Å². The van der Waals surface area contributed by atoms with Crippen molar-refractivity contribution in [2.24, 2.45) is 0 Å². The van der Waals surface area contributed by atoms with Crippen LogP contribution in [0.4, 0.5) is 0 Å². The molecule has 132 valence electrons. The van der Waals surface area contributed by atoms with E-state index in [-0.39, 0.29) is 11.3 Å². The van der Waals surface area contributed by atoms with E-state index in [1.807, 2.05) is 24.3 Å². The van der Waals surface area contributed by atoms with Crippen LogP contribution in [0.25, 0.3) is 11.4 Å². The fraction of sp³-hybridized carbons (Fsp3) is 0.263. The molecule has 0 unspecified atom stereocenters. The van der Waals surface area contributed by atoms with Crippen LogP contribution in [0.2, 0.25) is 0 Å². The summed E-state index contributed by atoms with van der Waals surface area (Å²) >= 11 is 1.52. The molecule has 3 aromatic heterocycles. The van der Waals surface area contributed by atoms with Crippen molar-refractivity contribution in [3.8, 4) is 11.4 Å². The van der Waals surface area contributed by atoms with Gasteiger partial charge in [0.1, 0.15) is 5.82 Å². The van der Waals surface area contributed by atoms with Gasteiger partial charge in [-0.05, 0) is 31.2 Å². The lowest BCUT2D eigenvalue weighted by molar-refractivity contribution is 0.102. The Kier molecular flexibility index (Phi) is 4.48. The van der Waals surface area contributed by atoms with Gasteiger partial charge >= 0.3 is 0 Å². The summed E-state index contributed by atoms with van der Waals surface area (Å²) in [5, 5.41) is 0. The Morgan fingerprint density at radius 3 is 2.81 bits per heavy atom. The molecule has 3 aromatic rings. The summed E-state index contributed by atoms with van der Waals surface area (Å²) in [6.45, 7) is 3.73. The molecule has 1 aliphatic rings. The topological polar surface area (TPSA) is 79.0 Å². The Morgan fingerprint density at radius 2 is 2.08 bits per heavy atom. The number of thiophene rings is 1. The van der Waals surface area contributed by atoms with E-state index in [1.165, 1.54) is 11.3 Å². The van der Waals surface area contributed by atoms with Gasteiger partial charge in [-0.2, -0.15) is 0 Å². The molecule has 0 amide bonds. The number of aromatic nitrogens is 3. The van der Waals surface area contributed by atoms with Crippen molar-refractivity contribution in [2.45, 2.75) is 26.4 Å². The molecule has 0 saturated heterocycles. The molecule has 1 aliphatic heterocycles. The largest absolute Gasteiger partial charge is 0.306 e.